The predicted octanol–water partition coefficient (Wildman–Crippen LogP) is 2.94. The highest BCUT2D eigenvalue weighted by Crippen LogP contribution is 2.22. The van der Waals surface area contributed by atoms with Crippen molar-refractivity contribution in [3.8, 4) is 0 Å². The highest BCUT2D eigenvalue weighted by atomic mass is 32.1. The minimum Gasteiger partial charge on any atom is -0.339 e. The molecule has 1 N–H and O–H groups in total. The number of likely N-dealkylation sites (tertiary alicyclic amines) is 1. The van der Waals surface area contributed by atoms with E-state index < -0.39 is 0 Å². The smallest absolute Gasteiger partial charge is 0.253 e. The summed E-state index contributed by atoms with van der Waals surface area (Å²) in [6, 6.07) is 9.28. The minimum absolute atomic E-state index is 0.00570. The van der Waals surface area contributed by atoms with Crippen LogP contribution in [0.2, 0.25) is 0 Å². The van der Waals surface area contributed by atoms with Crippen LogP contribution in [-0.4, -0.2) is 34.8 Å². The zero-order valence-corrected chi connectivity index (χ0v) is 13.8. The molecule has 0 bridgehead atoms. The third kappa shape index (κ3) is 3.76. The van der Waals surface area contributed by atoms with Gasteiger partial charge in [-0.05, 0) is 31.9 Å². The number of thiazole rings is 1. The molecule has 120 valence electrons. The molecule has 1 fully saturated rings. The van der Waals surface area contributed by atoms with Crippen molar-refractivity contribution in [1.82, 2.24) is 9.88 Å². The van der Waals surface area contributed by atoms with Crippen LogP contribution < -0.4 is 5.32 Å². The lowest BCUT2D eigenvalue weighted by Crippen LogP contribution is -2.41. The van der Waals surface area contributed by atoms with Gasteiger partial charge in [0.05, 0.1) is 5.69 Å². The molecule has 1 aliphatic rings. The number of amides is 2. The molecule has 5 nitrogen and oxygen atoms in total. The number of aromatic nitrogens is 1. The van der Waals surface area contributed by atoms with E-state index in [0.29, 0.717) is 36.6 Å². The lowest BCUT2D eigenvalue weighted by Gasteiger charge is -2.31. The second kappa shape index (κ2) is 6.91. The molecule has 2 aromatic rings. The molecular weight excluding hydrogens is 310 g/mol. The van der Waals surface area contributed by atoms with Crippen LogP contribution in [-0.2, 0) is 4.79 Å². The average Bonchev–Trinajstić information content (AvgIpc) is 3.00. The maximum atomic E-state index is 12.4. The van der Waals surface area contributed by atoms with Crippen LogP contribution in [0.15, 0.2) is 35.7 Å². The van der Waals surface area contributed by atoms with Gasteiger partial charge in [0, 0.05) is 30.0 Å². The van der Waals surface area contributed by atoms with Crippen LogP contribution in [0.3, 0.4) is 0 Å². The Bertz CT molecular complexity index is 691. The van der Waals surface area contributed by atoms with Gasteiger partial charge < -0.3 is 10.2 Å². The number of hydrogen-bond donors (Lipinski definition) is 1. The van der Waals surface area contributed by atoms with Gasteiger partial charge in [-0.25, -0.2) is 4.98 Å². The molecular formula is C17H19N3O2S. The zero-order chi connectivity index (χ0) is 16.2. The molecule has 1 aromatic carbocycles. The Hall–Kier alpha value is -2.21. The molecule has 0 unspecified atom stereocenters. The normalized spacial score (nSPS) is 15.4. The lowest BCUT2D eigenvalue weighted by atomic mass is 9.95. The highest BCUT2D eigenvalue weighted by molar-refractivity contribution is 7.13. The quantitative estimate of drug-likeness (QED) is 0.942. The summed E-state index contributed by atoms with van der Waals surface area (Å²) >= 11 is 1.44. The third-order valence-corrected chi connectivity index (χ3v) is 4.90. The van der Waals surface area contributed by atoms with Crippen molar-refractivity contribution in [1.29, 1.82) is 0 Å². The molecule has 0 atom stereocenters. The summed E-state index contributed by atoms with van der Waals surface area (Å²) < 4.78 is 0. The number of hydrogen-bond acceptors (Lipinski definition) is 4. The van der Waals surface area contributed by atoms with Gasteiger partial charge in [-0.15, -0.1) is 11.3 Å². The second-order valence-electron chi connectivity index (χ2n) is 5.72. The van der Waals surface area contributed by atoms with Gasteiger partial charge in [0.15, 0.2) is 5.13 Å². The maximum absolute atomic E-state index is 12.4. The summed E-state index contributed by atoms with van der Waals surface area (Å²) in [6.07, 6.45) is 1.38. The van der Waals surface area contributed by atoms with Crippen molar-refractivity contribution >= 4 is 28.3 Å². The van der Waals surface area contributed by atoms with Gasteiger partial charge >= 0.3 is 0 Å². The van der Waals surface area contributed by atoms with Gasteiger partial charge in [0.1, 0.15) is 0 Å². The van der Waals surface area contributed by atoms with Crippen molar-refractivity contribution in [3.63, 3.8) is 0 Å². The number of carbonyl (C=O) groups excluding carboxylic acids is 2. The van der Waals surface area contributed by atoms with Gasteiger partial charge in [-0.2, -0.15) is 0 Å². The van der Waals surface area contributed by atoms with Crippen molar-refractivity contribution < 1.29 is 9.59 Å². The minimum atomic E-state index is -0.0565. The van der Waals surface area contributed by atoms with Crippen LogP contribution in [0.25, 0.3) is 0 Å². The fourth-order valence-corrected chi connectivity index (χ4v) is 3.42. The Morgan fingerprint density at radius 3 is 2.52 bits per heavy atom. The number of piperidine rings is 1. The molecule has 0 aliphatic carbocycles. The average molecular weight is 329 g/mol. The van der Waals surface area contributed by atoms with Gasteiger partial charge in [-0.1, -0.05) is 18.2 Å². The monoisotopic (exact) mass is 329 g/mol. The number of benzene rings is 1. The molecule has 0 saturated carbocycles. The third-order valence-electron chi connectivity index (χ3n) is 4.02. The van der Waals surface area contributed by atoms with Crippen molar-refractivity contribution in [2.45, 2.75) is 19.8 Å². The fraction of sp³-hybridized carbons (Fsp3) is 0.353. The highest BCUT2D eigenvalue weighted by Gasteiger charge is 2.28. The van der Waals surface area contributed by atoms with Gasteiger partial charge in [-0.3, -0.25) is 9.59 Å². The SMILES string of the molecule is Cc1csc(NC(=O)C2CCN(C(=O)c3ccccc3)CC2)n1. The predicted molar refractivity (Wildman–Crippen MR) is 90.6 cm³/mol. The molecule has 1 aromatic heterocycles. The van der Waals surface area contributed by atoms with Crippen LogP contribution in [0, 0.1) is 12.8 Å². The maximum Gasteiger partial charge on any atom is 0.253 e. The van der Waals surface area contributed by atoms with E-state index in [9.17, 15) is 9.59 Å². The van der Waals surface area contributed by atoms with E-state index in [1.165, 1.54) is 11.3 Å². The number of aryl methyl sites for hydroxylation is 1. The van der Waals surface area contributed by atoms with Crippen molar-refractivity contribution in [2.75, 3.05) is 18.4 Å². The van der Waals surface area contributed by atoms with Crippen molar-refractivity contribution in [3.05, 3.63) is 47.0 Å². The Balaban J connectivity index is 1.54. The first-order valence-corrected chi connectivity index (χ1v) is 8.59. The van der Waals surface area contributed by atoms with Gasteiger partial charge in [0.25, 0.3) is 5.91 Å². The molecule has 0 spiro atoms. The number of carbonyl (C=O) groups is 2. The summed E-state index contributed by atoms with van der Waals surface area (Å²) in [6.45, 7) is 3.13. The van der Waals surface area contributed by atoms with E-state index in [1.54, 1.807) is 0 Å². The van der Waals surface area contributed by atoms with Gasteiger partial charge in [0.2, 0.25) is 5.91 Å². The molecule has 1 saturated heterocycles. The van der Waals surface area contributed by atoms with E-state index in [0.717, 1.165) is 5.69 Å². The first kappa shape index (κ1) is 15.7. The molecule has 0 radical (unpaired) electrons. The largest absolute Gasteiger partial charge is 0.339 e. The second-order valence-corrected chi connectivity index (χ2v) is 6.57. The van der Waals surface area contributed by atoms with E-state index in [1.807, 2.05) is 47.5 Å². The fourth-order valence-electron chi connectivity index (χ4n) is 2.73. The van der Waals surface area contributed by atoms with E-state index in [-0.39, 0.29) is 17.7 Å². The summed E-state index contributed by atoms with van der Waals surface area (Å²) in [7, 11) is 0. The Morgan fingerprint density at radius 1 is 1.22 bits per heavy atom. The van der Waals surface area contributed by atoms with E-state index >= 15 is 0 Å². The Labute approximate surface area is 139 Å². The van der Waals surface area contributed by atoms with Crippen LogP contribution >= 0.6 is 11.3 Å². The summed E-state index contributed by atoms with van der Waals surface area (Å²) in [4.78, 5) is 30.7. The van der Waals surface area contributed by atoms with Crippen molar-refractivity contribution in [2.24, 2.45) is 5.92 Å². The summed E-state index contributed by atoms with van der Waals surface area (Å²) in [5, 5.41) is 5.44. The molecule has 2 heterocycles. The number of nitrogens with one attached hydrogen (secondary N) is 1. The molecule has 6 heteroatoms. The van der Waals surface area contributed by atoms with Crippen LogP contribution in [0.1, 0.15) is 28.9 Å². The van der Waals surface area contributed by atoms with E-state index in [2.05, 4.69) is 10.3 Å². The Morgan fingerprint density at radius 2 is 1.91 bits per heavy atom. The number of rotatable bonds is 3. The zero-order valence-electron chi connectivity index (χ0n) is 13.0. The lowest BCUT2D eigenvalue weighted by molar-refractivity contribution is -0.121. The summed E-state index contributed by atoms with van der Waals surface area (Å²) in [5.74, 6) is -0.00908. The summed E-state index contributed by atoms with van der Waals surface area (Å²) in [5.41, 5.74) is 1.61. The number of anilines is 1. The molecule has 23 heavy (non-hydrogen) atoms. The first-order chi connectivity index (χ1) is 11.1. The standard InChI is InChI=1S/C17H19N3O2S/c1-12-11-23-17(18-12)19-15(21)13-7-9-20(10-8-13)16(22)14-5-3-2-4-6-14/h2-6,11,13H,7-10H2,1H3,(H,18,19,21). The van der Waals surface area contributed by atoms with E-state index in [4.69, 9.17) is 0 Å². The van der Waals surface area contributed by atoms with Crippen LogP contribution in [0.5, 0.6) is 0 Å². The molecule has 1 aliphatic heterocycles. The number of nitrogens with zero attached hydrogens (tertiary/aromatic N) is 2. The van der Waals surface area contributed by atoms with Crippen LogP contribution in [0.4, 0.5) is 5.13 Å². The topological polar surface area (TPSA) is 62.3 Å². The first-order valence-electron chi connectivity index (χ1n) is 7.71. The Kier molecular flexibility index (Phi) is 4.71. The molecule has 3 rings (SSSR count). The molecule has 2 amide bonds.